The molecule has 94 heavy (non-hydrogen) atoms. The number of carboxylic acid groups (broad SMARTS) is 2. The van der Waals surface area contributed by atoms with Crippen LogP contribution in [-0.4, -0.2) is 106 Å². The normalized spacial score (nSPS) is 16.9. The van der Waals surface area contributed by atoms with Crippen molar-refractivity contribution in [2.45, 2.75) is 154 Å². The second-order valence-electron chi connectivity index (χ2n) is 24.9. The number of carboxylic acids is 2. The van der Waals surface area contributed by atoms with Gasteiger partial charge in [-0.15, -0.1) is 0 Å². The third kappa shape index (κ3) is 23.8. The van der Waals surface area contributed by atoms with Gasteiger partial charge in [-0.1, -0.05) is 134 Å². The molecule has 4 aliphatic rings. The first kappa shape index (κ1) is 83.5. The summed E-state index contributed by atoms with van der Waals surface area (Å²) < 4.78 is 88.4. The van der Waals surface area contributed by atoms with Crippen molar-refractivity contribution in [1.29, 1.82) is 0 Å². The largest absolute Gasteiger partial charge is 1.00 e. The summed E-state index contributed by atoms with van der Waals surface area (Å²) in [5, 5.41) is 18.0. The first-order valence-corrected chi connectivity index (χ1v) is 36.1. The molecule has 4 aromatic rings. The topological polar surface area (TPSA) is 328 Å². The summed E-state index contributed by atoms with van der Waals surface area (Å²) >= 11 is 0. The molecule has 0 aromatic heterocycles. The Balaban J connectivity index is 0.000000432. The number of allylic oxidation sites excluding steroid dienone is 10. The fraction of sp³-hybridized carbons (Fsp3) is 0.441. The molecule has 0 amide bonds. The third-order valence-electron chi connectivity index (χ3n) is 17.0. The fourth-order valence-corrected chi connectivity index (χ4v) is 13.8. The van der Waals surface area contributed by atoms with Gasteiger partial charge in [-0.25, -0.2) is 16.8 Å². The third-order valence-corrected chi connectivity index (χ3v) is 18.6. The van der Waals surface area contributed by atoms with Gasteiger partial charge in [-0.2, -0.15) is 9.15 Å². The van der Waals surface area contributed by atoms with Gasteiger partial charge in [0.05, 0.1) is 31.1 Å². The van der Waals surface area contributed by atoms with Crippen LogP contribution >= 0.6 is 16.5 Å². The van der Waals surface area contributed by atoms with E-state index in [1.54, 1.807) is 0 Å². The summed E-state index contributed by atoms with van der Waals surface area (Å²) in [6.45, 7) is 20.7. The Morgan fingerprint density at radius 3 is 1.15 bits per heavy atom. The van der Waals surface area contributed by atoms with Gasteiger partial charge in [0.2, 0.25) is 11.4 Å². The predicted octanol–water partition coefficient (Wildman–Crippen LogP) is 3.84. The van der Waals surface area contributed by atoms with E-state index in [-0.39, 0.29) is 105 Å². The zero-order chi connectivity index (χ0) is 68.2. The average Bonchev–Trinajstić information content (AvgIpc) is 1.63. The van der Waals surface area contributed by atoms with E-state index in [2.05, 4.69) is 190 Å². The summed E-state index contributed by atoms with van der Waals surface area (Å²) in [4.78, 5) is 60.3. The Bertz CT molecular complexity index is 3750. The van der Waals surface area contributed by atoms with Crippen molar-refractivity contribution in [3.05, 3.63) is 179 Å². The average molecular weight is 1390 g/mol. The van der Waals surface area contributed by atoms with Gasteiger partial charge in [0, 0.05) is 119 Å². The molecular formula is C68H86N4Na2O16P2S2. The molecule has 4 heterocycles. The number of nitrogens with zero attached hydrogens (tertiary/aromatic N) is 4. The summed E-state index contributed by atoms with van der Waals surface area (Å²) in [5.74, 6) is -2.17. The standard InChI is InChI=1S/C35H44N2O5S.C33H42N2O5S.2Na.2HO3P/c1-34(2)27-17-10-12-19-29(27)36(24-14-6-9-23-33(38)39)31(34)21-7-5-8-22-32-35(3,4)28-18-11-13-20-30(28)37(32)25-15-16-26-43(40,41)42;1-32(2)25-15-7-9-17-27(25)34(22-11-5-6-21-31(36)37)29(32)19-14-20-30-33(3,4)26-16-8-10-18-28(26)35(30)23-12-13-24-41(38,39)40;;;2*1-4(2)3/h5,7-8,10-13,17-22H,6,9,14-16,23-26H2,1-4H3,(H-,38,39,40,41,42);7-10,14-20H,5-6,11-13,21-24H2,1-4H3,(H-,36,37,38,39,40);;;2*(H,1,2,3)/q;;2*+1;;/p-2. The van der Waals surface area contributed by atoms with E-state index in [4.69, 9.17) is 38.9 Å². The smallest absolute Gasteiger partial charge is 0.748 e. The van der Waals surface area contributed by atoms with Gasteiger partial charge >= 0.3 is 71.1 Å². The number of benzene rings is 4. The number of rotatable bonds is 27. The van der Waals surface area contributed by atoms with Crippen LogP contribution in [-0.2, 0) is 60.6 Å². The molecule has 0 fully saturated rings. The number of aliphatic carboxylic acids is 2. The summed E-state index contributed by atoms with van der Waals surface area (Å²) in [6.07, 6.45) is 24.2. The molecule has 0 atom stereocenters. The minimum absolute atomic E-state index is 0. The van der Waals surface area contributed by atoms with Crippen LogP contribution in [0.1, 0.15) is 155 Å². The number of hydrogen-bond acceptors (Lipinski definition) is 16. The molecule has 0 aliphatic carbocycles. The summed E-state index contributed by atoms with van der Waals surface area (Å²) in [7, 11) is -15.2. The Labute approximate surface area is 601 Å². The summed E-state index contributed by atoms with van der Waals surface area (Å²) in [6, 6.07) is 33.6. The number of anilines is 2. The van der Waals surface area contributed by atoms with Crippen LogP contribution in [0.15, 0.2) is 157 Å². The molecule has 2 N–H and O–H groups in total. The molecule has 498 valence electrons. The minimum Gasteiger partial charge on any atom is -0.748 e. The van der Waals surface area contributed by atoms with E-state index >= 15 is 0 Å². The van der Waals surface area contributed by atoms with Crippen molar-refractivity contribution in [3.63, 3.8) is 0 Å². The Hall–Kier alpha value is -4.68. The van der Waals surface area contributed by atoms with Gasteiger partial charge in [0.15, 0.2) is 11.4 Å². The Morgan fingerprint density at radius 1 is 0.457 bits per heavy atom. The van der Waals surface area contributed by atoms with Crippen LogP contribution in [0.2, 0.25) is 0 Å². The summed E-state index contributed by atoms with van der Waals surface area (Å²) in [5.41, 5.74) is 13.5. The van der Waals surface area contributed by atoms with Crippen LogP contribution in [0.25, 0.3) is 0 Å². The molecule has 0 saturated heterocycles. The van der Waals surface area contributed by atoms with Gasteiger partial charge < -0.3 is 48.7 Å². The van der Waals surface area contributed by atoms with E-state index < -0.39 is 48.7 Å². The first-order valence-electron chi connectivity index (χ1n) is 30.8. The molecule has 4 aromatic carbocycles. The van der Waals surface area contributed by atoms with Gasteiger partial charge in [0.25, 0.3) is 16.5 Å². The monoisotopic (exact) mass is 1390 g/mol. The van der Waals surface area contributed by atoms with E-state index in [1.807, 2.05) is 30.3 Å². The van der Waals surface area contributed by atoms with E-state index in [0.717, 1.165) is 61.5 Å². The van der Waals surface area contributed by atoms with Crippen LogP contribution in [0.3, 0.4) is 0 Å². The molecule has 0 unspecified atom stereocenters. The van der Waals surface area contributed by atoms with Crippen molar-refractivity contribution in [3.8, 4) is 0 Å². The van der Waals surface area contributed by atoms with Crippen LogP contribution < -0.4 is 88.5 Å². The van der Waals surface area contributed by atoms with E-state index in [0.29, 0.717) is 51.6 Å². The Morgan fingerprint density at radius 2 is 0.787 bits per heavy atom. The van der Waals surface area contributed by atoms with Crippen molar-refractivity contribution in [2.24, 2.45) is 0 Å². The fourth-order valence-electron chi connectivity index (χ4n) is 12.7. The van der Waals surface area contributed by atoms with Gasteiger partial charge in [0.1, 0.15) is 13.1 Å². The van der Waals surface area contributed by atoms with Crippen molar-refractivity contribution in [1.82, 2.24) is 0 Å². The van der Waals surface area contributed by atoms with Gasteiger partial charge in [-0.05, 0) is 114 Å². The number of carbonyl (C=O) groups is 2. The molecule has 0 radical (unpaired) electrons. The number of hydrogen-bond donors (Lipinski definition) is 2. The Kier molecular flexibility index (Phi) is 33.7. The predicted molar refractivity (Wildman–Crippen MR) is 351 cm³/mol. The maximum Gasteiger partial charge on any atom is 1.00 e. The molecule has 20 nitrogen and oxygen atoms in total. The van der Waals surface area contributed by atoms with Gasteiger partial charge in [-0.3, -0.25) is 9.59 Å². The maximum absolute atomic E-state index is 11.1. The molecule has 8 rings (SSSR count). The molecular weight excluding hydrogens is 1300 g/mol. The van der Waals surface area contributed by atoms with Crippen LogP contribution in [0.4, 0.5) is 22.7 Å². The van der Waals surface area contributed by atoms with E-state index in [9.17, 15) is 35.5 Å². The second-order valence-corrected chi connectivity index (χ2v) is 28.9. The molecule has 0 bridgehead atoms. The molecule has 4 aliphatic heterocycles. The van der Waals surface area contributed by atoms with Crippen molar-refractivity contribution >= 4 is 82.9 Å². The zero-order valence-electron chi connectivity index (χ0n) is 55.7. The SMILES string of the molecule is CC1(C)C(/C=C/C=C/C=C2/N(CCCCS(=O)(=O)[O-])c3ccccc3C2(C)C)=[N+](CCCCCC(=O)O)c2ccccc21.CC1(C)C(/C=C/C=C2/N(CCCCS(=O)(=O)[O-])c3ccccc3C2(C)C)=[N+](CCCCCC(=O)O)c2ccccc21.O=[P+]([O-])[O-].O=[P+]([O-])[O-].[Na+].[Na+]. The molecule has 0 spiro atoms. The second kappa shape index (κ2) is 37.9. The maximum atomic E-state index is 11.1. The van der Waals surface area contributed by atoms with Crippen molar-refractivity contribution < 1.29 is 143 Å². The van der Waals surface area contributed by atoms with Crippen LogP contribution in [0, 0.1) is 0 Å². The van der Waals surface area contributed by atoms with Crippen molar-refractivity contribution in [2.75, 3.05) is 47.5 Å². The first-order chi connectivity index (χ1) is 43.1. The minimum atomic E-state index is -4.22. The number of fused-ring (bicyclic) bond motifs is 4. The number of para-hydroxylation sites is 4. The number of unbranched alkanes of at least 4 members (excludes halogenated alkanes) is 6. The molecule has 0 saturated carbocycles. The van der Waals surface area contributed by atoms with E-state index in [1.165, 1.54) is 45.1 Å². The molecule has 26 heteroatoms. The van der Waals surface area contributed by atoms with Crippen LogP contribution in [0.5, 0.6) is 0 Å². The quantitative estimate of drug-likeness (QED) is 0.0214. The zero-order valence-corrected chi connectivity index (χ0v) is 63.1.